The fourth-order valence-electron chi connectivity index (χ4n) is 3.24. The number of ether oxygens (including phenoxy) is 1. The lowest BCUT2D eigenvalue weighted by Gasteiger charge is -2.34. The van der Waals surface area contributed by atoms with Gasteiger partial charge in [0.1, 0.15) is 12.3 Å². The number of primary amides is 1. The van der Waals surface area contributed by atoms with Gasteiger partial charge < -0.3 is 15.4 Å². The highest BCUT2D eigenvalue weighted by Gasteiger charge is 2.31. The molecule has 138 valence electrons. The molecule has 3 rings (SSSR count). The lowest BCUT2D eigenvalue weighted by Crippen LogP contribution is -2.49. The Hall–Kier alpha value is -2.90. The van der Waals surface area contributed by atoms with Crippen LogP contribution in [0.1, 0.15) is 30.1 Å². The van der Waals surface area contributed by atoms with Crippen LogP contribution < -0.4 is 15.4 Å². The van der Waals surface area contributed by atoms with Crippen molar-refractivity contribution in [1.82, 2.24) is 4.90 Å². The van der Waals surface area contributed by atoms with Crippen LogP contribution in [0.25, 0.3) is 0 Å². The van der Waals surface area contributed by atoms with Crippen LogP contribution in [0, 0.1) is 5.92 Å². The molecule has 0 aliphatic carbocycles. The van der Waals surface area contributed by atoms with Gasteiger partial charge in [-0.05, 0) is 38.0 Å². The van der Waals surface area contributed by atoms with Crippen LogP contribution in [0.15, 0.2) is 18.2 Å². The summed E-state index contributed by atoms with van der Waals surface area (Å²) in [5.74, 6) is -0.754. The van der Waals surface area contributed by atoms with Crippen molar-refractivity contribution in [2.45, 2.75) is 19.8 Å². The first-order valence-corrected chi connectivity index (χ1v) is 8.52. The molecular weight excluding hydrogens is 338 g/mol. The number of ketones is 1. The SMILES string of the molecule is CC(=O)c1ccc2c(c1)N(CC(=O)N1CCC(C(N)=O)CC1)C(=O)CO2. The summed E-state index contributed by atoms with van der Waals surface area (Å²) in [4.78, 5) is 50.8. The predicted molar refractivity (Wildman–Crippen MR) is 92.8 cm³/mol. The zero-order valence-corrected chi connectivity index (χ0v) is 14.6. The van der Waals surface area contributed by atoms with Crippen LogP contribution in [0.2, 0.25) is 0 Å². The number of likely N-dealkylation sites (tertiary alicyclic amines) is 1. The second-order valence-corrected chi connectivity index (χ2v) is 6.56. The smallest absolute Gasteiger partial charge is 0.265 e. The standard InChI is InChI=1S/C18H21N3O5/c1-11(22)13-2-3-15-14(8-13)21(17(24)10-26-15)9-16(23)20-6-4-12(5-7-20)18(19)25/h2-3,8,12H,4-7,9-10H2,1H3,(H2,19,25). The van der Waals surface area contributed by atoms with E-state index in [9.17, 15) is 19.2 Å². The summed E-state index contributed by atoms with van der Waals surface area (Å²) in [7, 11) is 0. The van der Waals surface area contributed by atoms with Crippen molar-refractivity contribution >= 4 is 29.2 Å². The van der Waals surface area contributed by atoms with Gasteiger partial charge in [0, 0.05) is 24.6 Å². The minimum Gasteiger partial charge on any atom is -0.482 e. The van der Waals surface area contributed by atoms with E-state index in [1.54, 1.807) is 23.1 Å². The second-order valence-electron chi connectivity index (χ2n) is 6.56. The molecule has 0 aromatic heterocycles. The summed E-state index contributed by atoms with van der Waals surface area (Å²) >= 11 is 0. The first-order chi connectivity index (χ1) is 12.4. The largest absolute Gasteiger partial charge is 0.482 e. The number of carbonyl (C=O) groups is 4. The quantitative estimate of drug-likeness (QED) is 0.780. The predicted octanol–water partition coefficient (Wildman–Crippen LogP) is 0.339. The molecule has 2 heterocycles. The first-order valence-electron chi connectivity index (χ1n) is 8.52. The summed E-state index contributed by atoms with van der Waals surface area (Å²) in [6.07, 6.45) is 1.06. The van der Waals surface area contributed by atoms with Gasteiger partial charge in [-0.25, -0.2) is 0 Å². The highest BCUT2D eigenvalue weighted by Crippen LogP contribution is 2.33. The Morgan fingerprint density at radius 3 is 2.54 bits per heavy atom. The van der Waals surface area contributed by atoms with Crippen molar-refractivity contribution in [2.24, 2.45) is 11.7 Å². The molecule has 0 radical (unpaired) electrons. The number of nitrogens with two attached hydrogens (primary N) is 1. The number of hydrogen-bond acceptors (Lipinski definition) is 5. The lowest BCUT2D eigenvalue weighted by atomic mass is 9.96. The van der Waals surface area contributed by atoms with Crippen LogP contribution in [-0.4, -0.2) is 54.6 Å². The van der Waals surface area contributed by atoms with Crippen molar-refractivity contribution in [2.75, 3.05) is 31.1 Å². The molecule has 0 saturated carbocycles. The van der Waals surface area contributed by atoms with Gasteiger partial charge in [0.2, 0.25) is 11.8 Å². The number of anilines is 1. The number of nitrogens with zero attached hydrogens (tertiary/aromatic N) is 2. The van der Waals surface area contributed by atoms with Crippen LogP contribution in [0.3, 0.4) is 0 Å². The summed E-state index contributed by atoms with van der Waals surface area (Å²) in [5, 5.41) is 0. The molecule has 2 N–H and O–H groups in total. The Bertz CT molecular complexity index is 768. The summed E-state index contributed by atoms with van der Waals surface area (Å²) in [6.45, 7) is 2.03. The van der Waals surface area contributed by atoms with Gasteiger partial charge in [-0.3, -0.25) is 24.1 Å². The highest BCUT2D eigenvalue weighted by atomic mass is 16.5. The number of benzene rings is 1. The molecule has 1 aromatic rings. The third kappa shape index (κ3) is 3.54. The van der Waals surface area contributed by atoms with E-state index in [0.717, 1.165) is 0 Å². The van der Waals surface area contributed by atoms with Crippen molar-refractivity contribution in [3.05, 3.63) is 23.8 Å². The van der Waals surface area contributed by atoms with Crippen molar-refractivity contribution in [3.8, 4) is 5.75 Å². The zero-order valence-electron chi connectivity index (χ0n) is 14.6. The van der Waals surface area contributed by atoms with Gasteiger partial charge in [-0.2, -0.15) is 0 Å². The molecule has 2 aliphatic rings. The lowest BCUT2D eigenvalue weighted by molar-refractivity contribution is -0.134. The van der Waals surface area contributed by atoms with E-state index in [1.165, 1.54) is 11.8 Å². The third-order valence-electron chi connectivity index (χ3n) is 4.85. The maximum atomic E-state index is 12.6. The van der Waals surface area contributed by atoms with Gasteiger partial charge in [0.05, 0.1) is 5.69 Å². The minimum atomic E-state index is -0.342. The van der Waals surface area contributed by atoms with Gasteiger partial charge in [0.15, 0.2) is 12.4 Å². The molecule has 8 nitrogen and oxygen atoms in total. The average molecular weight is 359 g/mol. The summed E-state index contributed by atoms with van der Waals surface area (Å²) < 4.78 is 5.39. The Kier molecular flexibility index (Phi) is 4.92. The molecule has 0 unspecified atom stereocenters. The molecule has 8 heteroatoms. The topological polar surface area (TPSA) is 110 Å². The van der Waals surface area contributed by atoms with Crippen LogP contribution in [-0.2, 0) is 14.4 Å². The first kappa shape index (κ1) is 17.9. The van der Waals surface area contributed by atoms with Gasteiger partial charge >= 0.3 is 0 Å². The highest BCUT2D eigenvalue weighted by molar-refractivity contribution is 6.04. The number of Topliss-reactive ketones (excluding diaryl/α,β-unsaturated/α-hetero) is 1. The fraction of sp³-hybridized carbons (Fsp3) is 0.444. The number of carbonyl (C=O) groups excluding carboxylic acids is 4. The number of rotatable bonds is 4. The molecule has 3 amide bonds. The van der Waals surface area contributed by atoms with Crippen molar-refractivity contribution in [3.63, 3.8) is 0 Å². The number of amides is 3. The van der Waals surface area contributed by atoms with E-state index < -0.39 is 0 Å². The monoisotopic (exact) mass is 359 g/mol. The van der Waals surface area contributed by atoms with E-state index in [4.69, 9.17) is 10.5 Å². The number of fused-ring (bicyclic) bond motifs is 1. The van der Waals surface area contributed by atoms with Gasteiger partial charge in [-0.15, -0.1) is 0 Å². The van der Waals surface area contributed by atoms with E-state index in [1.807, 2.05) is 0 Å². The summed E-state index contributed by atoms with van der Waals surface area (Å²) in [5.41, 5.74) is 6.18. The van der Waals surface area contributed by atoms with Gasteiger partial charge in [0.25, 0.3) is 5.91 Å². The Morgan fingerprint density at radius 1 is 1.23 bits per heavy atom. The molecular formula is C18H21N3O5. The minimum absolute atomic E-state index is 0.127. The molecule has 26 heavy (non-hydrogen) atoms. The molecule has 0 spiro atoms. The molecule has 0 bridgehead atoms. The van der Waals surface area contributed by atoms with Crippen LogP contribution in [0.5, 0.6) is 5.75 Å². The van der Waals surface area contributed by atoms with Gasteiger partial charge in [-0.1, -0.05) is 0 Å². The maximum absolute atomic E-state index is 12.6. The maximum Gasteiger partial charge on any atom is 0.265 e. The molecule has 1 fully saturated rings. The average Bonchev–Trinajstić information content (AvgIpc) is 2.63. The fourth-order valence-corrected chi connectivity index (χ4v) is 3.24. The molecule has 1 aromatic carbocycles. The van der Waals surface area contributed by atoms with Crippen LogP contribution >= 0.6 is 0 Å². The summed E-state index contributed by atoms with van der Waals surface area (Å²) in [6, 6.07) is 4.83. The molecule has 2 aliphatic heterocycles. The van der Waals surface area contributed by atoms with Crippen LogP contribution in [0.4, 0.5) is 5.69 Å². The Balaban J connectivity index is 1.74. The van der Waals surface area contributed by atoms with E-state index in [2.05, 4.69) is 0 Å². The second kappa shape index (κ2) is 7.15. The zero-order chi connectivity index (χ0) is 18.8. The Labute approximate surface area is 150 Å². The third-order valence-corrected chi connectivity index (χ3v) is 4.85. The molecule has 0 atom stereocenters. The van der Waals surface area contributed by atoms with E-state index in [0.29, 0.717) is 42.9 Å². The van der Waals surface area contributed by atoms with Crippen molar-refractivity contribution < 1.29 is 23.9 Å². The number of piperidine rings is 1. The number of hydrogen-bond donors (Lipinski definition) is 1. The normalized spacial score (nSPS) is 17.5. The van der Waals surface area contributed by atoms with E-state index in [-0.39, 0.29) is 42.6 Å². The van der Waals surface area contributed by atoms with E-state index >= 15 is 0 Å². The van der Waals surface area contributed by atoms with Crippen molar-refractivity contribution in [1.29, 1.82) is 0 Å². The Morgan fingerprint density at radius 2 is 1.92 bits per heavy atom. The molecule has 1 saturated heterocycles.